The predicted octanol–water partition coefficient (Wildman–Crippen LogP) is 2.68. The van der Waals surface area contributed by atoms with Gasteiger partial charge in [-0.25, -0.2) is 0 Å². The second-order valence-electron chi connectivity index (χ2n) is 2.96. The van der Waals surface area contributed by atoms with E-state index in [1.165, 1.54) is 11.1 Å². The molecule has 1 nitrogen and oxygen atoms in total. The molecular formula is C10H13IO. The van der Waals surface area contributed by atoms with Gasteiger partial charge in [0.25, 0.3) is 0 Å². The monoisotopic (exact) mass is 276 g/mol. The summed E-state index contributed by atoms with van der Waals surface area (Å²) in [7, 11) is 0. The quantitative estimate of drug-likeness (QED) is 0.664. The van der Waals surface area contributed by atoms with E-state index in [1.54, 1.807) is 0 Å². The second kappa shape index (κ2) is 4.82. The zero-order chi connectivity index (χ0) is 8.97. The molecule has 1 rings (SSSR count). The molecule has 12 heavy (non-hydrogen) atoms. The van der Waals surface area contributed by atoms with Crippen LogP contribution in [-0.2, 0) is 6.42 Å². The Balaban J connectivity index is 2.52. The van der Waals surface area contributed by atoms with E-state index in [9.17, 15) is 0 Å². The number of aryl methyl sites for hydroxylation is 2. The van der Waals surface area contributed by atoms with E-state index in [4.69, 9.17) is 5.11 Å². The molecule has 0 bridgehead atoms. The molecule has 0 saturated heterocycles. The van der Waals surface area contributed by atoms with E-state index in [-0.39, 0.29) is 4.11 Å². The summed E-state index contributed by atoms with van der Waals surface area (Å²) >= 11 is 2.03. The minimum absolute atomic E-state index is 0.219. The lowest BCUT2D eigenvalue weighted by Crippen LogP contribution is -1.97. The van der Waals surface area contributed by atoms with Crippen LogP contribution in [0.4, 0.5) is 0 Å². The third kappa shape index (κ3) is 3.54. The average Bonchev–Trinajstić information content (AvgIpc) is 2.01. The molecule has 0 radical (unpaired) electrons. The standard InChI is InChI=1S/C10H13IO/c1-8-3-2-4-9(7-8)5-6-10(11)12/h2-4,7,10,12H,5-6H2,1H3. The predicted molar refractivity (Wildman–Crippen MR) is 59.5 cm³/mol. The van der Waals surface area contributed by atoms with Gasteiger partial charge in [0.15, 0.2) is 0 Å². The summed E-state index contributed by atoms with van der Waals surface area (Å²) in [5.74, 6) is 0. The van der Waals surface area contributed by atoms with Gasteiger partial charge in [0.05, 0.1) is 0 Å². The summed E-state index contributed by atoms with van der Waals surface area (Å²) in [5.41, 5.74) is 2.60. The molecule has 0 heterocycles. The summed E-state index contributed by atoms with van der Waals surface area (Å²) in [4.78, 5) is 0. The number of aliphatic hydroxyl groups is 1. The number of aliphatic hydroxyl groups excluding tert-OH is 1. The first-order valence-electron chi connectivity index (χ1n) is 4.06. The number of hydrogen-bond donors (Lipinski definition) is 1. The van der Waals surface area contributed by atoms with Crippen LogP contribution in [0.25, 0.3) is 0 Å². The van der Waals surface area contributed by atoms with E-state index in [2.05, 4.69) is 31.2 Å². The maximum atomic E-state index is 9.07. The average molecular weight is 276 g/mol. The molecule has 0 aliphatic carbocycles. The van der Waals surface area contributed by atoms with Gasteiger partial charge in [-0.2, -0.15) is 0 Å². The lowest BCUT2D eigenvalue weighted by molar-refractivity contribution is 0.269. The lowest BCUT2D eigenvalue weighted by atomic mass is 10.1. The Morgan fingerprint density at radius 3 is 2.83 bits per heavy atom. The molecule has 1 aromatic rings. The lowest BCUT2D eigenvalue weighted by Gasteiger charge is -2.03. The van der Waals surface area contributed by atoms with Gasteiger partial charge in [-0.15, -0.1) is 0 Å². The minimum atomic E-state index is -0.219. The highest BCUT2D eigenvalue weighted by Crippen LogP contribution is 2.10. The molecular weight excluding hydrogens is 263 g/mol. The number of alkyl halides is 1. The van der Waals surface area contributed by atoms with Crippen LogP contribution >= 0.6 is 22.6 Å². The fourth-order valence-corrected chi connectivity index (χ4v) is 1.46. The molecule has 2 heteroatoms. The molecule has 1 unspecified atom stereocenters. The molecule has 1 atom stereocenters. The number of rotatable bonds is 3. The molecule has 0 spiro atoms. The van der Waals surface area contributed by atoms with Crippen molar-refractivity contribution in [1.29, 1.82) is 0 Å². The van der Waals surface area contributed by atoms with Crippen LogP contribution < -0.4 is 0 Å². The molecule has 0 fully saturated rings. The summed E-state index contributed by atoms with van der Waals surface area (Å²) < 4.78 is -0.219. The van der Waals surface area contributed by atoms with E-state index < -0.39 is 0 Å². The summed E-state index contributed by atoms with van der Waals surface area (Å²) in [5, 5.41) is 9.07. The van der Waals surface area contributed by atoms with Crippen molar-refractivity contribution in [3.8, 4) is 0 Å². The summed E-state index contributed by atoms with van der Waals surface area (Å²) in [6.45, 7) is 2.09. The van der Waals surface area contributed by atoms with Gasteiger partial charge in [-0.05, 0) is 25.3 Å². The Morgan fingerprint density at radius 2 is 2.25 bits per heavy atom. The van der Waals surface area contributed by atoms with Crippen LogP contribution in [0.5, 0.6) is 0 Å². The Kier molecular flexibility index (Phi) is 4.01. The van der Waals surface area contributed by atoms with Gasteiger partial charge in [0.2, 0.25) is 0 Å². The molecule has 0 aliphatic rings. The van der Waals surface area contributed by atoms with E-state index >= 15 is 0 Å². The number of benzene rings is 1. The molecule has 0 amide bonds. The van der Waals surface area contributed by atoms with Crippen molar-refractivity contribution >= 4 is 22.6 Å². The molecule has 0 saturated carbocycles. The van der Waals surface area contributed by atoms with Crippen molar-refractivity contribution < 1.29 is 5.11 Å². The maximum Gasteiger partial charge on any atom is 0.105 e. The zero-order valence-corrected chi connectivity index (χ0v) is 9.28. The van der Waals surface area contributed by atoms with Crippen molar-refractivity contribution in [2.24, 2.45) is 0 Å². The second-order valence-corrected chi connectivity index (χ2v) is 4.40. The fraction of sp³-hybridized carbons (Fsp3) is 0.400. The van der Waals surface area contributed by atoms with E-state index in [0.29, 0.717) is 0 Å². The van der Waals surface area contributed by atoms with Crippen LogP contribution in [0.15, 0.2) is 24.3 Å². The number of hydrogen-bond acceptors (Lipinski definition) is 1. The van der Waals surface area contributed by atoms with Crippen LogP contribution in [0.2, 0.25) is 0 Å². The minimum Gasteiger partial charge on any atom is -0.383 e. The Hall–Kier alpha value is -0.0900. The highest BCUT2D eigenvalue weighted by Gasteiger charge is 1.98. The Bertz CT molecular complexity index is 245. The third-order valence-electron chi connectivity index (χ3n) is 1.75. The van der Waals surface area contributed by atoms with Crippen molar-refractivity contribution in [1.82, 2.24) is 0 Å². The molecule has 1 N–H and O–H groups in total. The van der Waals surface area contributed by atoms with Crippen LogP contribution in [-0.4, -0.2) is 9.22 Å². The SMILES string of the molecule is Cc1cccc(CCC(O)I)c1. The number of halogens is 1. The summed E-state index contributed by atoms with van der Waals surface area (Å²) in [6, 6.07) is 8.42. The van der Waals surface area contributed by atoms with Gasteiger partial charge in [-0.3, -0.25) is 0 Å². The molecule has 1 aromatic carbocycles. The van der Waals surface area contributed by atoms with Gasteiger partial charge < -0.3 is 5.11 Å². The Morgan fingerprint density at radius 1 is 1.50 bits per heavy atom. The molecule has 66 valence electrons. The van der Waals surface area contributed by atoms with Gasteiger partial charge >= 0.3 is 0 Å². The highest BCUT2D eigenvalue weighted by molar-refractivity contribution is 14.1. The fourth-order valence-electron chi connectivity index (χ4n) is 1.15. The van der Waals surface area contributed by atoms with Crippen molar-refractivity contribution in [2.75, 3.05) is 0 Å². The first-order valence-corrected chi connectivity index (χ1v) is 5.31. The molecule has 0 aromatic heterocycles. The normalized spacial score (nSPS) is 12.9. The third-order valence-corrected chi connectivity index (χ3v) is 2.38. The topological polar surface area (TPSA) is 20.2 Å². The van der Waals surface area contributed by atoms with E-state index in [0.717, 1.165) is 12.8 Å². The summed E-state index contributed by atoms with van der Waals surface area (Å²) in [6.07, 6.45) is 1.80. The van der Waals surface area contributed by atoms with Crippen LogP contribution in [0.1, 0.15) is 17.5 Å². The van der Waals surface area contributed by atoms with E-state index in [1.807, 2.05) is 22.6 Å². The van der Waals surface area contributed by atoms with Crippen molar-refractivity contribution in [3.63, 3.8) is 0 Å². The smallest absolute Gasteiger partial charge is 0.105 e. The Labute approximate surface area is 86.9 Å². The largest absolute Gasteiger partial charge is 0.383 e. The van der Waals surface area contributed by atoms with Gasteiger partial charge in [0, 0.05) is 0 Å². The van der Waals surface area contributed by atoms with Crippen LogP contribution in [0.3, 0.4) is 0 Å². The van der Waals surface area contributed by atoms with Crippen molar-refractivity contribution in [3.05, 3.63) is 35.4 Å². The highest BCUT2D eigenvalue weighted by atomic mass is 127. The van der Waals surface area contributed by atoms with Crippen LogP contribution in [0, 0.1) is 6.92 Å². The molecule has 0 aliphatic heterocycles. The van der Waals surface area contributed by atoms with Crippen molar-refractivity contribution in [2.45, 2.75) is 23.9 Å². The first kappa shape index (κ1) is 9.99. The van der Waals surface area contributed by atoms with Gasteiger partial charge in [-0.1, -0.05) is 52.4 Å². The van der Waals surface area contributed by atoms with Gasteiger partial charge in [0.1, 0.15) is 4.11 Å². The zero-order valence-electron chi connectivity index (χ0n) is 7.13. The maximum absolute atomic E-state index is 9.07. The first-order chi connectivity index (χ1) is 5.68.